The second-order valence-electron chi connectivity index (χ2n) is 9.09. The summed E-state index contributed by atoms with van der Waals surface area (Å²) < 4.78 is 28.9. The highest BCUT2D eigenvalue weighted by molar-refractivity contribution is 7.91. The van der Waals surface area contributed by atoms with Crippen molar-refractivity contribution in [2.75, 3.05) is 25.2 Å². The molecular weight excluding hydrogens is 434 g/mol. The number of rotatable bonds is 8. The van der Waals surface area contributed by atoms with Crippen LogP contribution in [0.25, 0.3) is 0 Å². The van der Waals surface area contributed by atoms with Gasteiger partial charge in [-0.15, -0.1) is 0 Å². The molecule has 3 fully saturated rings. The van der Waals surface area contributed by atoms with E-state index in [1.165, 1.54) is 0 Å². The third-order valence-electron chi connectivity index (χ3n) is 6.54. The summed E-state index contributed by atoms with van der Waals surface area (Å²) in [5, 5.41) is 2.74. The quantitative estimate of drug-likeness (QED) is 0.578. The molecule has 4 amide bonds. The van der Waals surface area contributed by atoms with Crippen LogP contribution in [-0.2, 0) is 25.8 Å². The standard InChI is InChI=1S/C22H29N3O6S/c1-22(11-9-15-3-7-18(31-2)8-4-15)20(27)24(21(28)23-22)13-19(26)25(16-5-6-16)17-10-12-32(29,30)14-17/h3-4,7-8,16-17H,5-6,9-14H2,1-2H3,(H,23,28)/t17-,22+/m0/s1. The van der Waals surface area contributed by atoms with Gasteiger partial charge in [-0.05, 0) is 56.7 Å². The smallest absolute Gasteiger partial charge is 0.325 e. The number of urea groups is 1. The summed E-state index contributed by atoms with van der Waals surface area (Å²) >= 11 is 0. The van der Waals surface area contributed by atoms with Crippen molar-refractivity contribution < 1.29 is 27.5 Å². The number of methoxy groups -OCH3 is 1. The average molecular weight is 464 g/mol. The normalized spacial score (nSPS) is 26.8. The molecule has 1 aromatic rings. The number of imide groups is 1. The predicted octanol–water partition coefficient (Wildman–Crippen LogP) is 1.12. The van der Waals surface area contributed by atoms with E-state index in [1.807, 2.05) is 24.3 Å². The van der Waals surface area contributed by atoms with Crippen molar-refractivity contribution in [2.45, 2.75) is 56.7 Å². The Hall–Kier alpha value is -2.62. The van der Waals surface area contributed by atoms with Crippen molar-refractivity contribution in [1.29, 1.82) is 0 Å². The molecule has 0 aromatic heterocycles. The Kier molecular flexibility index (Phi) is 5.91. The highest BCUT2D eigenvalue weighted by Crippen LogP contribution is 2.33. The Balaban J connectivity index is 1.40. The summed E-state index contributed by atoms with van der Waals surface area (Å²) in [5.41, 5.74) is -0.0933. The maximum Gasteiger partial charge on any atom is 0.325 e. The van der Waals surface area contributed by atoms with E-state index in [4.69, 9.17) is 4.74 Å². The van der Waals surface area contributed by atoms with Crippen molar-refractivity contribution in [3.8, 4) is 5.75 Å². The van der Waals surface area contributed by atoms with Gasteiger partial charge in [-0.25, -0.2) is 13.2 Å². The number of amides is 4. The number of hydrogen-bond donors (Lipinski definition) is 1. The molecule has 0 bridgehead atoms. The molecule has 1 aromatic carbocycles. The third-order valence-corrected chi connectivity index (χ3v) is 8.29. The van der Waals surface area contributed by atoms with Crippen molar-refractivity contribution in [1.82, 2.24) is 15.1 Å². The highest BCUT2D eigenvalue weighted by Gasteiger charge is 2.49. The summed E-state index contributed by atoms with van der Waals surface area (Å²) in [5.74, 6) is -0.0304. The Morgan fingerprint density at radius 1 is 1.19 bits per heavy atom. The highest BCUT2D eigenvalue weighted by atomic mass is 32.2. The summed E-state index contributed by atoms with van der Waals surface area (Å²) in [7, 11) is -1.56. The van der Waals surface area contributed by atoms with Crippen LogP contribution in [-0.4, -0.2) is 78.8 Å². The Morgan fingerprint density at radius 3 is 2.44 bits per heavy atom. The van der Waals surface area contributed by atoms with Gasteiger partial charge >= 0.3 is 6.03 Å². The lowest BCUT2D eigenvalue weighted by atomic mass is 9.93. The average Bonchev–Trinajstić information content (AvgIpc) is 3.48. The largest absolute Gasteiger partial charge is 0.497 e. The van der Waals surface area contributed by atoms with Gasteiger partial charge in [0.05, 0.1) is 18.6 Å². The lowest BCUT2D eigenvalue weighted by molar-refractivity contribution is -0.140. The molecule has 10 heteroatoms. The molecule has 32 heavy (non-hydrogen) atoms. The summed E-state index contributed by atoms with van der Waals surface area (Å²) in [4.78, 5) is 41.3. The zero-order valence-corrected chi connectivity index (χ0v) is 19.2. The lowest BCUT2D eigenvalue weighted by Gasteiger charge is -2.29. The molecule has 2 heterocycles. The summed E-state index contributed by atoms with van der Waals surface area (Å²) in [6.07, 6.45) is 3.01. The minimum absolute atomic E-state index is 0.00280. The first-order valence-corrected chi connectivity index (χ1v) is 12.7. The molecule has 1 saturated carbocycles. The van der Waals surface area contributed by atoms with Crippen LogP contribution in [0.15, 0.2) is 24.3 Å². The second kappa shape index (κ2) is 8.38. The molecular formula is C22H29N3O6S. The van der Waals surface area contributed by atoms with E-state index in [1.54, 1.807) is 18.9 Å². The van der Waals surface area contributed by atoms with E-state index in [2.05, 4.69) is 5.32 Å². The predicted molar refractivity (Wildman–Crippen MR) is 117 cm³/mol. The number of aryl methyl sites for hydroxylation is 1. The van der Waals surface area contributed by atoms with Gasteiger partial charge in [0.1, 0.15) is 17.8 Å². The van der Waals surface area contributed by atoms with Crippen LogP contribution in [0.2, 0.25) is 0 Å². The molecule has 0 spiro atoms. The summed E-state index contributed by atoms with van der Waals surface area (Å²) in [6.45, 7) is 1.30. The van der Waals surface area contributed by atoms with Gasteiger partial charge in [0, 0.05) is 12.1 Å². The Morgan fingerprint density at radius 2 is 1.88 bits per heavy atom. The lowest BCUT2D eigenvalue weighted by Crippen LogP contribution is -2.49. The van der Waals surface area contributed by atoms with Gasteiger partial charge in [-0.3, -0.25) is 14.5 Å². The zero-order chi connectivity index (χ0) is 23.1. The monoisotopic (exact) mass is 463 g/mol. The molecule has 9 nitrogen and oxygen atoms in total. The van der Waals surface area contributed by atoms with E-state index >= 15 is 0 Å². The van der Waals surface area contributed by atoms with Crippen molar-refractivity contribution in [3.05, 3.63) is 29.8 Å². The van der Waals surface area contributed by atoms with Gasteiger partial charge in [-0.1, -0.05) is 12.1 Å². The minimum atomic E-state index is -3.15. The molecule has 4 rings (SSSR count). The fourth-order valence-corrected chi connectivity index (χ4v) is 6.23. The molecule has 1 N–H and O–H groups in total. The molecule has 2 atom stereocenters. The number of carbonyl (C=O) groups is 3. The van der Waals surface area contributed by atoms with Gasteiger partial charge in [0.2, 0.25) is 5.91 Å². The molecule has 1 aliphatic carbocycles. The number of hydrogen-bond acceptors (Lipinski definition) is 6. The Labute approximate surface area is 188 Å². The van der Waals surface area contributed by atoms with Crippen LogP contribution in [0, 0.1) is 0 Å². The molecule has 0 unspecified atom stereocenters. The van der Waals surface area contributed by atoms with E-state index in [9.17, 15) is 22.8 Å². The first-order valence-electron chi connectivity index (χ1n) is 10.9. The molecule has 3 aliphatic rings. The maximum absolute atomic E-state index is 13.1. The number of nitrogens with one attached hydrogen (secondary N) is 1. The maximum atomic E-state index is 13.1. The van der Waals surface area contributed by atoms with E-state index in [0.29, 0.717) is 19.3 Å². The van der Waals surface area contributed by atoms with Gasteiger partial charge in [0.15, 0.2) is 9.84 Å². The van der Waals surface area contributed by atoms with Crippen LogP contribution in [0.1, 0.15) is 38.2 Å². The number of carbonyl (C=O) groups excluding carboxylic acids is 3. The first-order chi connectivity index (χ1) is 15.1. The topological polar surface area (TPSA) is 113 Å². The molecule has 174 valence electrons. The van der Waals surface area contributed by atoms with Crippen LogP contribution in [0.3, 0.4) is 0 Å². The number of nitrogens with zero attached hydrogens (tertiary/aromatic N) is 2. The molecule has 0 radical (unpaired) electrons. The third kappa shape index (κ3) is 4.60. The molecule has 2 aliphatic heterocycles. The van der Waals surface area contributed by atoms with Gasteiger partial charge in [-0.2, -0.15) is 0 Å². The van der Waals surface area contributed by atoms with E-state index in [0.717, 1.165) is 29.1 Å². The van der Waals surface area contributed by atoms with Crippen LogP contribution < -0.4 is 10.1 Å². The minimum Gasteiger partial charge on any atom is -0.497 e. The molecule has 2 saturated heterocycles. The van der Waals surface area contributed by atoms with Crippen LogP contribution in [0.4, 0.5) is 4.79 Å². The second-order valence-corrected chi connectivity index (χ2v) is 11.3. The number of sulfone groups is 1. The Bertz CT molecular complexity index is 1020. The fraction of sp³-hybridized carbons (Fsp3) is 0.591. The fourth-order valence-electron chi connectivity index (χ4n) is 4.52. The van der Waals surface area contributed by atoms with Gasteiger partial charge in [0.25, 0.3) is 5.91 Å². The SMILES string of the molecule is COc1ccc(CC[C@@]2(C)NC(=O)N(CC(=O)N(C3CC3)[C@H]3CCS(=O)(=O)C3)C2=O)cc1. The van der Waals surface area contributed by atoms with E-state index < -0.39 is 27.3 Å². The summed E-state index contributed by atoms with van der Waals surface area (Å²) in [6, 6.07) is 6.54. The van der Waals surface area contributed by atoms with Crippen molar-refractivity contribution in [2.24, 2.45) is 0 Å². The van der Waals surface area contributed by atoms with Crippen molar-refractivity contribution >= 4 is 27.7 Å². The number of benzene rings is 1. The van der Waals surface area contributed by atoms with Crippen LogP contribution in [0.5, 0.6) is 5.75 Å². The van der Waals surface area contributed by atoms with Crippen LogP contribution >= 0.6 is 0 Å². The zero-order valence-electron chi connectivity index (χ0n) is 18.4. The number of ether oxygens (including phenoxy) is 1. The van der Waals surface area contributed by atoms with Gasteiger partial charge < -0.3 is 15.0 Å². The first kappa shape index (κ1) is 22.6. The van der Waals surface area contributed by atoms with E-state index in [-0.39, 0.29) is 36.0 Å². The van der Waals surface area contributed by atoms with Crippen molar-refractivity contribution in [3.63, 3.8) is 0 Å².